The van der Waals surface area contributed by atoms with Crippen molar-refractivity contribution in [2.24, 2.45) is 0 Å². The van der Waals surface area contributed by atoms with Crippen LogP contribution in [-0.2, 0) is 67.3 Å². The summed E-state index contributed by atoms with van der Waals surface area (Å²) in [7, 11) is 0. The van der Waals surface area contributed by atoms with E-state index in [0.717, 1.165) is 88.3 Å². The largest absolute Gasteiger partial charge is 0.508 e. The minimum atomic E-state index is -0.933. The molecule has 4 saturated heterocycles. The summed E-state index contributed by atoms with van der Waals surface area (Å²) in [5.74, 6) is -11.2. The van der Waals surface area contributed by atoms with Crippen molar-refractivity contribution < 1.29 is 127 Å². The van der Waals surface area contributed by atoms with Gasteiger partial charge in [0.1, 0.15) is 23.3 Å². The van der Waals surface area contributed by atoms with Gasteiger partial charge < -0.3 is 50.0 Å². The Kier molecular flexibility index (Phi) is 36.6. The minimum absolute atomic E-state index is 0.0614. The number of carboxylic acids is 4. The van der Waals surface area contributed by atoms with Gasteiger partial charge in [-0.15, -0.1) is 20.3 Å². The molecule has 16 aromatic rings. The molecule has 0 spiro atoms. The van der Waals surface area contributed by atoms with E-state index in [1.54, 1.807) is 164 Å². The first kappa shape index (κ1) is 105. The van der Waals surface area contributed by atoms with Crippen molar-refractivity contribution in [2.45, 2.75) is 63.2 Å². The number of benzene rings is 16. The topological polar surface area (TPSA) is 444 Å². The minimum Gasteiger partial charge on any atom is -0.508 e. The van der Waals surface area contributed by atoms with E-state index in [1.165, 1.54) is 0 Å². The maximum Gasteiger partial charge on any atom is 0.364 e. The number of hydrogen-bond donors (Lipinski definition) is 6. The van der Waals surface area contributed by atoms with E-state index in [9.17, 15) is 86.9 Å². The third-order valence-electron chi connectivity index (χ3n) is 22.9. The second-order valence-electron chi connectivity index (χ2n) is 32.8. The molecule has 0 bridgehead atoms. The first-order chi connectivity index (χ1) is 71.5. The maximum absolute atomic E-state index is 12.6. The van der Waals surface area contributed by atoms with E-state index >= 15 is 0 Å². The van der Waals surface area contributed by atoms with Crippen LogP contribution in [0.15, 0.2) is 413 Å². The molecule has 6 N–H and O–H groups in total. The number of imide groups is 4. The number of hydroxylamine groups is 8. The Morgan fingerprint density at radius 3 is 0.716 bits per heavy atom. The average molecular weight is 1980 g/mol. The number of aromatic hydroxyl groups is 2. The zero-order valence-corrected chi connectivity index (χ0v) is 78.7. The van der Waals surface area contributed by atoms with E-state index in [-0.39, 0.29) is 79.6 Å². The monoisotopic (exact) mass is 1980 g/mol. The number of fused-ring (bicyclic) bond motifs is 2. The molecule has 740 valence electrons. The van der Waals surface area contributed by atoms with E-state index in [0.29, 0.717) is 36.9 Å². The molecule has 0 unspecified atom stereocenters. The molecule has 30 nitrogen and oxygen atoms in total. The third-order valence-corrected chi connectivity index (χ3v) is 22.9. The predicted molar refractivity (Wildman–Crippen MR) is 543 cm³/mol. The molecule has 8 amide bonds. The van der Waals surface area contributed by atoms with Gasteiger partial charge in [-0.25, -0.2) is 33.6 Å². The fraction of sp³-hybridized carbons (Fsp3) is 0.0847. The van der Waals surface area contributed by atoms with Gasteiger partial charge in [-0.05, 0) is 173 Å². The van der Waals surface area contributed by atoms with Crippen molar-refractivity contribution in [2.75, 3.05) is 0 Å². The molecule has 20 rings (SSSR count). The Bertz CT molecular complexity index is 7330. The molecule has 0 aliphatic carbocycles. The van der Waals surface area contributed by atoms with Gasteiger partial charge in [-0.2, -0.15) is 0 Å². The lowest BCUT2D eigenvalue weighted by Gasteiger charge is -2.19. The highest BCUT2D eigenvalue weighted by molar-refractivity contribution is 6.09. The van der Waals surface area contributed by atoms with Gasteiger partial charge in [0.15, 0.2) is 0 Å². The maximum atomic E-state index is 12.6. The molecule has 4 fully saturated rings. The fourth-order valence-corrected chi connectivity index (χ4v) is 15.3. The van der Waals surface area contributed by atoms with Crippen molar-refractivity contribution in [3.63, 3.8) is 0 Å². The quantitative estimate of drug-likeness (QED) is 0.0386. The number of rotatable bonds is 20. The van der Waals surface area contributed by atoms with Crippen LogP contribution in [0.3, 0.4) is 0 Å². The number of hydrogen-bond acceptors (Lipinski definition) is 22. The van der Waals surface area contributed by atoms with Crippen molar-refractivity contribution in [3.8, 4) is 56.0 Å². The Morgan fingerprint density at radius 1 is 0.209 bits per heavy atom. The molecule has 0 saturated carbocycles. The summed E-state index contributed by atoms with van der Waals surface area (Å²) < 4.78 is 0. The lowest BCUT2D eigenvalue weighted by Crippen LogP contribution is -2.34. The van der Waals surface area contributed by atoms with E-state index in [4.69, 9.17) is 39.8 Å². The normalized spacial score (nSPS) is 12.7. The van der Waals surface area contributed by atoms with E-state index < -0.39 is 107 Å². The molecular formula is C118H92N4O26. The van der Waals surface area contributed by atoms with Crippen LogP contribution >= 0.6 is 0 Å². The highest BCUT2D eigenvalue weighted by atomic mass is 16.7. The van der Waals surface area contributed by atoms with E-state index in [2.05, 4.69) is 0 Å². The van der Waals surface area contributed by atoms with Crippen molar-refractivity contribution in [1.29, 1.82) is 0 Å². The number of phenolic OH excluding ortho intramolecular Hbond substituents is 2. The van der Waals surface area contributed by atoms with Crippen LogP contribution in [0.25, 0.3) is 66.1 Å². The van der Waals surface area contributed by atoms with Crippen LogP contribution in [0.1, 0.15) is 148 Å². The van der Waals surface area contributed by atoms with Crippen LogP contribution in [0.2, 0.25) is 0 Å². The standard InChI is InChI=1S/C18H15NO4.C17H13NO5.C17H13NO4.C15H11NO4.C14H12O2.C13H10O3.C13H10O2.C11H8O2/c20-15-11-12-16(21)19(15)23-18(22)17(13-7-3-1-4-8-13)14-9-5-2-6-10-14;19-14-7-5-12(6-8-14)11-1-3-13(4-2-11)17(22)23-18-15(20)9-10-16(18)21;19-15-10-11-16(20)18(15)22-17(21)14-8-6-13(7-9-14)12-4-2-1-3-5-12;17-13-8-9-14(18)16(13)20-15(19)12-7-3-5-10-4-1-2-6-11(10)12;15-14(16)13(11-7-3-1-4-8-11)12-9-5-2-6-10-12;14-12-7-5-10(6-8-12)9-1-3-11(4-2-9)13(15)16;14-13(15)12-8-6-11(7-9-12)10-4-2-1-3-5-10;12-11(13)10-7-3-5-8-4-1-2-6-9(8)10/h1-10,17H,11-12H2;1-8,19H,9-10H2;1-9H,10-11H2;1-7H,8-9H2;1-10,13H,(H,15,16);1-8,14H,(H,15,16);1-9H,(H,14,15);1-7H,(H,12,13). The summed E-state index contributed by atoms with van der Waals surface area (Å²) in [4.78, 5) is 204. The summed E-state index contributed by atoms with van der Waals surface area (Å²) in [5.41, 5.74) is 12.6. The zero-order chi connectivity index (χ0) is 105. The van der Waals surface area contributed by atoms with Crippen LogP contribution < -0.4 is 0 Å². The molecular weight excluding hydrogens is 1890 g/mol. The van der Waals surface area contributed by atoms with Crippen LogP contribution in [0, 0.1) is 0 Å². The number of carboxylic acid groups (broad SMARTS) is 4. The Morgan fingerprint density at radius 2 is 0.432 bits per heavy atom. The van der Waals surface area contributed by atoms with Gasteiger partial charge in [0.25, 0.3) is 47.3 Å². The molecule has 4 aliphatic heterocycles. The Hall–Kier alpha value is -20.0. The smallest absolute Gasteiger partial charge is 0.364 e. The molecule has 0 aromatic heterocycles. The number of carbonyl (C=O) groups excluding carboxylic acids is 12. The number of aliphatic carboxylic acids is 1. The van der Waals surface area contributed by atoms with Crippen molar-refractivity contribution in [1.82, 2.24) is 20.3 Å². The molecule has 16 aromatic carbocycles. The fourth-order valence-electron chi connectivity index (χ4n) is 15.3. The SMILES string of the molecule is O=C(O)C(c1ccccc1)c1ccccc1.O=C(O)c1ccc(-c2ccc(O)cc2)cc1.O=C(O)c1ccc(-c2ccccc2)cc1.O=C(O)c1cccc2ccccc12.O=C(ON1C(=O)CCC1=O)C(c1ccccc1)c1ccccc1.O=C(ON1C(=O)CCC1=O)c1ccc(-c2ccc(O)cc2)cc1.O=C(ON1C(=O)CCC1=O)c1ccc(-c2ccccc2)cc1.O=C(ON1C(=O)CCC1=O)c1cccc2ccccc12. The summed E-state index contributed by atoms with van der Waals surface area (Å²) >= 11 is 0. The van der Waals surface area contributed by atoms with Crippen LogP contribution in [-0.4, -0.2) is 146 Å². The Balaban J connectivity index is 0.000000142. The zero-order valence-electron chi connectivity index (χ0n) is 78.7. The third kappa shape index (κ3) is 28.7. The number of carbonyl (C=O) groups is 16. The molecule has 0 radical (unpaired) electrons. The summed E-state index contributed by atoms with van der Waals surface area (Å²) in [5, 5.41) is 59.7. The molecule has 4 heterocycles. The van der Waals surface area contributed by atoms with Crippen LogP contribution in [0.5, 0.6) is 11.5 Å². The second-order valence-corrected chi connectivity index (χ2v) is 32.8. The van der Waals surface area contributed by atoms with Gasteiger partial charge >= 0.3 is 47.8 Å². The number of aromatic carboxylic acids is 3. The van der Waals surface area contributed by atoms with E-state index in [1.807, 2.05) is 249 Å². The van der Waals surface area contributed by atoms with Gasteiger partial charge in [0.2, 0.25) is 0 Å². The van der Waals surface area contributed by atoms with Gasteiger partial charge in [-0.3, -0.25) is 43.2 Å². The van der Waals surface area contributed by atoms with Gasteiger partial charge in [-0.1, -0.05) is 328 Å². The van der Waals surface area contributed by atoms with Gasteiger partial charge in [0.05, 0.1) is 33.4 Å². The first-order valence-electron chi connectivity index (χ1n) is 46.0. The second kappa shape index (κ2) is 51.4. The molecule has 0 atom stereocenters. The summed E-state index contributed by atoms with van der Waals surface area (Å²) in [6, 6.07) is 122. The Labute approximate surface area is 846 Å². The number of phenols is 2. The first-order valence-corrected chi connectivity index (χ1v) is 46.0. The summed E-state index contributed by atoms with van der Waals surface area (Å²) in [6.45, 7) is 0. The van der Waals surface area contributed by atoms with Crippen LogP contribution in [0.4, 0.5) is 0 Å². The molecule has 30 heteroatoms. The lowest BCUT2D eigenvalue weighted by molar-refractivity contribution is -0.198. The van der Waals surface area contributed by atoms with Crippen molar-refractivity contribution in [3.05, 3.63) is 468 Å². The van der Waals surface area contributed by atoms with Crippen molar-refractivity contribution >= 4 is 117 Å². The number of amides is 8. The average Bonchev–Trinajstić information content (AvgIpc) is 1.68. The summed E-state index contributed by atoms with van der Waals surface area (Å²) in [6.07, 6.45) is 0.611. The highest BCUT2D eigenvalue weighted by Crippen LogP contribution is 2.33. The number of nitrogens with zero attached hydrogens (tertiary/aromatic N) is 4. The molecule has 148 heavy (non-hydrogen) atoms. The van der Waals surface area contributed by atoms with Gasteiger partial charge in [0, 0.05) is 51.4 Å². The highest BCUT2D eigenvalue weighted by Gasteiger charge is 2.38. The lowest BCUT2D eigenvalue weighted by atomic mass is 9.91. The molecule has 4 aliphatic rings. The predicted octanol–water partition coefficient (Wildman–Crippen LogP) is 20.6.